The highest BCUT2D eigenvalue weighted by Crippen LogP contribution is 2.47. The van der Waals surface area contributed by atoms with Crippen LogP contribution in [0, 0.1) is 5.41 Å². The highest BCUT2D eigenvalue weighted by Gasteiger charge is 2.58. The van der Waals surface area contributed by atoms with Crippen molar-refractivity contribution < 1.29 is 19.8 Å². The molecule has 2 aliphatic rings. The molecule has 0 bridgehead atoms. The van der Waals surface area contributed by atoms with E-state index in [-0.39, 0.29) is 30.9 Å². The standard InChI is InChI=1S/C11H16N6O4S2/c12-6-7(19)17-3-11(9(20)21,4-22-8(6)17)5(1-2-18)23-10-13-15-16-14-10/h5-6,8,18H,1-4,12H2,(H,20,21)(H,13,14,15,16)/t5?,6?,8-,11?/m1/s1. The van der Waals surface area contributed by atoms with Gasteiger partial charge in [-0.05, 0) is 11.6 Å². The SMILES string of the molecule is NC1C(=O)N2CC(C(=O)O)(C(CCO)Sc3nn[nH]n3)CS[C@H]12. The van der Waals surface area contributed by atoms with E-state index in [1.807, 2.05) is 0 Å². The van der Waals surface area contributed by atoms with Crippen LogP contribution in [0.1, 0.15) is 6.42 Å². The third-order valence-electron chi connectivity index (χ3n) is 4.15. The minimum Gasteiger partial charge on any atom is -0.481 e. The van der Waals surface area contributed by atoms with Crippen molar-refractivity contribution in [2.75, 3.05) is 18.9 Å². The lowest BCUT2D eigenvalue weighted by molar-refractivity contribution is -0.156. The summed E-state index contributed by atoms with van der Waals surface area (Å²) >= 11 is 2.51. The molecule has 3 rings (SSSR count). The van der Waals surface area contributed by atoms with E-state index in [4.69, 9.17) is 5.73 Å². The van der Waals surface area contributed by atoms with Gasteiger partial charge in [-0.3, -0.25) is 9.59 Å². The molecule has 0 spiro atoms. The summed E-state index contributed by atoms with van der Waals surface area (Å²) in [5.74, 6) is -0.939. The molecule has 2 fully saturated rings. The number of aromatic amines is 1. The van der Waals surface area contributed by atoms with Gasteiger partial charge in [0.2, 0.25) is 11.1 Å². The van der Waals surface area contributed by atoms with Crippen LogP contribution in [-0.2, 0) is 9.59 Å². The van der Waals surface area contributed by atoms with Crippen LogP contribution >= 0.6 is 23.5 Å². The number of amides is 1. The number of aliphatic hydroxyl groups excluding tert-OH is 1. The number of hydrogen-bond acceptors (Lipinski definition) is 9. The van der Waals surface area contributed by atoms with Gasteiger partial charge in [0.25, 0.3) is 0 Å². The molecule has 23 heavy (non-hydrogen) atoms. The van der Waals surface area contributed by atoms with Crippen molar-refractivity contribution >= 4 is 35.4 Å². The number of aromatic nitrogens is 4. The number of nitrogens with one attached hydrogen (secondary N) is 1. The number of rotatable bonds is 6. The number of carboxylic acids is 1. The number of nitrogens with two attached hydrogens (primary N) is 1. The fourth-order valence-electron chi connectivity index (χ4n) is 2.85. The average molecular weight is 360 g/mol. The number of hydrogen-bond donors (Lipinski definition) is 4. The average Bonchev–Trinajstić information content (AvgIpc) is 3.06. The van der Waals surface area contributed by atoms with Crippen LogP contribution < -0.4 is 5.73 Å². The summed E-state index contributed by atoms with van der Waals surface area (Å²) in [4.78, 5) is 25.5. The summed E-state index contributed by atoms with van der Waals surface area (Å²) in [6, 6.07) is -0.562. The number of H-pyrrole nitrogens is 1. The van der Waals surface area contributed by atoms with Gasteiger partial charge in [0.15, 0.2) is 0 Å². The fraction of sp³-hybridized carbons (Fsp3) is 0.727. The number of tetrazole rings is 1. The summed E-state index contributed by atoms with van der Waals surface area (Å²) in [6.07, 6.45) is 0.241. The predicted molar refractivity (Wildman–Crippen MR) is 81.5 cm³/mol. The van der Waals surface area contributed by atoms with Gasteiger partial charge in [0.1, 0.15) is 16.8 Å². The van der Waals surface area contributed by atoms with Gasteiger partial charge in [-0.15, -0.1) is 22.0 Å². The Labute approximate surface area is 139 Å². The molecule has 1 aromatic heterocycles. The molecule has 3 unspecified atom stereocenters. The number of thioether (sulfide) groups is 2. The summed E-state index contributed by atoms with van der Waals surface area (Å²) in [5, 5.41) is 32.3. The van der Waals surface area contributed by atoms with Gasteiger partial charge in [-0.2, -0.15) is 5.21 Å². The largest absolute Gasteiger partial charge is 0.481 e. The highest BCUT2D eigenvalue weighted by atomic mass is 32.2. The van der Waals surface area contributed by atoms with E-state index in [0.29, 0.717) is 10.9 Å². The molecule has 0 aliphatic carbocycles. The summed E-state index contributed by atoms with van der Waals surface area (Å²) in [5.41, 5.74) is 4.55. The van der Waals surface area contributed by atoms with Crippen LogP contribution in [-0.4, -0.2) is 83.2 Å². The molecule has 2 aliphatic heterocycles. The van der Waals surface area contributed by atoms with Crippen molar-refractivity contribution in [1.82, 2.24) is 25.5 Å². The van der Waals surface area contributed by atoms with E-state index < -0.39 is 22.7 Å². The van der Waals surface area contributed by atoms with Crippen molar-refractivity contribution in [2.24, 2.45) is 11.1 Å². The molecule has 12 heteroatoms. The zero-order valence-corrected chi connectivity index (χ0v) is 13.6. The second-order valence-corrected chi connectivity index (χ2v) is 7.74. The maximum Gasteiger partial charge on any atom is 0.313 e. The van der Waals surface area contributed by atoms with Crippen LogP contribution in [0.5, 0.6) is 0 Å². The number of nitrogens with zero attached hydrogens (tertiary/aromatic N) is 4. The van der Waals surface area contributed by atoms with Crippen molar-refractivity contribution in [1.29, 1.82) is 0 Å². The molecular formula is C11H16N6O4S2. The van der Waals surface area contributed by atoms with Crippen molar-refractivity contribution in [3.8, 4) is 0 Å². The van der Waals surface area contributed by atoms with E-state index in [0.717, 1.165) is 11.8 Å². The molecule has 4 atom stereocenters. The Morgan fingerprint density at radius 3 is 3.04 bits per heavy atom. The van der Waals surface area contributed by atoms with Crippen LogP contribution in [0.25, 0.3) is 0 Å². The lowest BCUT2D eigenvalue weighted by atomic mass is 9.82. The summed E-state index contributed by atoms with van der Waals surface area (Å²) in [6.45, 7) is -0.103. The fourth-order valence-corrected chi connectivity index (χ4v) is 5.67. The van der Waals surface area contributed by atoms with Gasteiger partial charge >= 0.3 is 5.97 Å². The number of carboxylic acid groups (broad SMARTS) is 1. The number of aliphatic carboxylic acids is 1. The minimum atomic E-state index is -1.20. The van der Waals surface area contributed by atoms with Crippen LogP contribution in [0.2, 0.25) is 0 Å². The number of carbonyl (C=O) groups is 2. The van der Waals surface area contributed by atoms with Gasteiger partial charge in [-0.25, -0.2) is 0 Å². The molecule has 0 aromatic carbocycles. The number of carbonyl (C=O) groups excluding carboxylic acids is 1. The number of β-lactam (4-membered cyclic amide) rings is 1. The van der Waals surface area contributed by atoms with E-state index >= 15 is 0 Å². The van der Waals surface area contributed by atoms with E-state index in [2.05, 4.69) is 20.6 Å². The Kier molecular flexibility index (Phi) is 4.49. The zero-order chi connectivity index (χ0) is 16.6. The van der Waals surface area contributed by atoms with E-state index in [1.165, 1.54) is 16.7 Å². The third-order valence-corrected chi connectivity index (χ3v) is 7.08. The normalized spacial score (nSPS) is 31.4. The van der Waals surface area contributed by atoms with Crippen LogP contribution in [0.15, 0.2) is 5.16 Å². The molecule has 126 valence electrons. The Morgan fingerprint density at radius 2 is 2.43 bits per heavy atom. The second-order valence-electron chi connectivity index (χ2n) is 5.47. The van der Waals surface area contributed by atoms with Crippen molar-refractivity contribution in [2.45, 2.75) is 28.2 Å². The molecule has 5 N–H and O–H groups in total. The molecule has 10 nitrogen and oxygen atoms in total. The molecule has 3 heterocycles. The summed E-state index contributed by atoms with van der Waals surface area (Å²) in [7, 11) is 0. The first-order chi connectivity index (χ1) is 11.0. The zero-order valence-electron chi connectivity index (χ0n) is 12.0. The first kappa shape index (κ1) is 16.5. The Bertz CT molecular complexity index is 601. The third kappa shape index (κ3) is 2.69. The lowest BCUT2D eigenvalue weighted by Crippen LogP contribution is -2.73. The Balaban J connectivity index is 1.86. The van der Waals surface area contributed by atoms with Crippen molar-refractivity contribution in [3.05, 3.63) is 0 Å². The lowest BCUT2D eigenvalue weighted by Gasteiger charge is -2.54. The van der Waals surface area contributed by atoms with Crippen LogP contribution in [0.4, 0.5) is 0 Å². The molecule has 1 amide bonds. The molecule has 0 saturated carbocycles. The Hall–Kier alpha value is -1.37. The second kappa shape index (κ2) is 6.26. The van der Waals surface area contributed by atoms with E-state index in [1.54, 1.807) is 0 Å². The Morgan fingerprint density at radius 1 is 1.65 bits per heavy atom. The van der Waals surface area contributed by atoms with Gasteiger partial charge < -0.3 is 20.8 Å². The van der Waals surface area contributed by atoms with E-state index in [9.17, 15) is 19.8 Å². The number of fused-ring (bicyclic) bond motifs is 1. The minimum absolute atomic E-state index is 0.0715. The van der Waals surface area contributed by atoms with Gasteiger partial charge in [0.05, 0.1) is 0 Å². The van der Waals surface area contributed by atoms with Gasteiger partial charge in [-0.1, -0.05) is 11.8 Å². The maximum atomic E-state index is 12.0. The van der Waals surface area contributed by atoms with Gasteiger partial charge in [0, 0.05) is 24.2 Å². The maximum absolute atomic E-state index is 12.0. The predicted octanol–water partition coefficient (Wildman–Crippen LogP) is -1.64. The monoisotopic (exact) mass is 360 g/mol. The quantitative estimate of drug-likeness (QED) is 0.342. The number of aliphatic hydroxyl groups is 1. The molecule has 1 aromatic rings. The van der Waals surface area contributed by atoms with Crippen molar-refractivity contribution in [3.63, 3.8) is 0 Å². The molecule has 2 saturated heterocycles. The first-order valence-electron chi connectivity index (χ1n) is 6.91. The van der Waals surface area contributed by atoms with Crippen LogP contribution in [0.3, 0.4) is 0 Å². The molecular weight excluding hydrogens is 344 g/mol. The summed E-state index contributed by atoms with van der Waals surface area (Å²) < 4.78 is 0. The first-order valence-corrected chi connectivity index (χ1v) is 8.84. The highest BCUT2D eigenvalue weighted by molar-refractivity contribution is 8.01. The molecule has 0 radical (unpaired) electrons. The smallest absolute Gasteiger partial charge is 0.313 e. The topological polar surface area (TPSA) is 158 Å².